The highest BCUT2D eigenvalue weighted by Gasteiger charge is 2.31. The zero-order chi connectivity index (χ0) is 11.8. The number of carboxylic acids is 1. The van der Waals surface area contributed by atoms with Crippen molar-refractivity contribution in [3.63, 3.8) is 0 Å². The molecule has 0 amide bonds. The average Bonchev–Trinajstić information content (AvgIpc) is 3.11. The van der Waals surface area contributed by atoms with Gasteiger partial charge in [-0.15, -0.1) is 0 Å². The normalized spacial score (nSPS) is 20.0. The lowest BCUT2D eigenvalue weighted by molar-refractivity contribution is -0.136. The van der Waals surface area contributed by atoms with Crippen LogP contribution in [0.4, 0.5) is 0 Å². The molecule has 5 nitrogen and oxygen atoms in total. The molecule has 3 rings (SSSR count). The zero-order valence-corrected chi connectivity index (χ0v) is 9.59. The minimum Gasteiger partial charge on any atom is -0.481 e. The van der Waals surface area contributed by atoms with Gasteiger partial charge in [0.15, 0.2) is 0 Å². The third-order valence-electron chi connectivity index (χ3n) is 3.39. The molecule has 0 spiro atoms. The Balaban J connectivity index is 1.78. The van der Waals surface area contributed by atoms with E-state index in [0.717, 1.165) is 36.8 Å². The first-order chi connectivity index (χ1) is 8.22. The molecule has 1 aliphatic heterocycles. The summed E-state index contributed by atoms with van der Waals surface area (Å²) >= 11 is 0. The number of fused-ring (bicyclic) bond motifs is 1. The fourth-order valence-corrected chi connectivity index (χ4v) is 2.35. The number of carbonyl (C=O) groups is 1. The van der Waals surface area contributed by atoms with Gasteiger partial charge in [-0.2, -0.15) is 0 Å². The van der Waals surface area contributed by atoms with Crippen LogP contribution in [-0.2, 0) is 24.2 Å². The minimum atomic E-state index is -0.875. The van der Waals surface area contributed by atoms with E-state index in [2.05, 4.69) is 14.9 Å². The van der Waals surface area contributed by atoms with Crippen LogP contribution in [0.1, 0.15) is 29.9 Å². The minimum absolute atomic E-state index is 0.0837. The molecule has 2 aliphatic rings. The summed E-state index contributed by atoms with van der Waals surface area (Å²) in [5.74, 6) is -0.448. The Morgan fingerprint density at radius 2 is 2.35 bits per heavy atom. The van der Waals surface area contributed by atoms with E-state index in [-0.39, 0.29) is 6.42 Å². The average molecular weight is 233 g/mol. The summed E-state index contributed by atoms with van der Waals surface area (Å²) in [7, 11) is 0. The highest BCUT2D eigenvalue weighted by molar-refractivity contribution is 5.68. The van der Waals surface area contributed by atoms with E-state index in [1.165, 1.54) is 12.8 Å². The molecule has 1 aromatic rings. The molecule has 1 saturated carbocycles. The van der Waals surface area contributed by atoms with E-state index in [4.69, 9.17) is 5.11 Å². The molecule has 0 atom stereocenters. The quantitative estimate of drug-likeness (QED) is 0.829. The van der Waals surface area contributed by atoms with Crippen LogP contribution in [0.3, 0.4) is 0 Å². The second-order valence-electron chi connectivity index (χ2n) is 4.78. The molecule has 2 heterocycles. The van der Waals surface area contributed by atoms with Crippen molar-refractivity contribution in [2.45, 2.75) is 38.3 Å². The van der Waals surface area contributed by atoms with Gasteiger partial charge in [0, 0.05) is 43.0 Å². The Bertz CT molecular complexity index is 457. The summed E-state index contributed by atoms with van der Waals surface area (Å²) in [6, 6.07) is 0.766. The van der Waals surface area contributed by atoms with Crippen molar-refractivity contribution in [3.05, 3.63) is 23.3 Å². The molecule has 1 fully saturated rings. The monoisotopic (exact) mass is 233 g/mol. The maximum Gasteiger partial charge on any atom is 0.311 e. The van der Waals surface area contributed by atoms with E-state index < -0.39 is 5.97 Å². The van der Waals surface area contributed by atoms with Crippen molar-refractivity contribution in [2.75, 3.05) is 6.54 Å². The predicted octanol–water partition coefficient (Wildman–Crippen LogP) is 0.624. The van der Waals surface area contributed by atoms with Crippen LogP contribution < -0.4 is 0 Å². The molecule has 5 heteroatoms. The maximum atomic E-state index is 10.6. The number of aliphatic carboxylic acids is 1. The summed E-state index contributed by atoms with van der Waals surface area (Å²) in [6.07, 6.45) is 5.26. The summed E-state index contributed by atoms with van der Waals surface area (Å²) in [6.45, 7) is 1.97. The lowest BCUT2D eigenvalue weighted by atomic mass is 10.1. The third-order valence-corrected chi connectivity index (χ3v) is 3.39. The number of aromatic nitrogens is 2. The molecular weight excluding hydrogens is 218 g/mol. The first kappa shape index (κ1) is 10.7. The topological polar surface area (TPSA) is 66.3 Å². The van der Waals surface area contributed by atoms with Gasteiger partial charge in [-0.1, -0.05) is 0 Å². The molecule has 0 aromatic carbocycles. The molecule has 17 heavy (non-hydrogen) atoms. The van der Waals surface area contributed by atoms with Crippen LogP contribution in [0.25, 0.3) is 0 Å². The van der Waals surface area contributed by atoms with Gasteiger partial charge in [0.05, 0.1) is 0 Å². The Hall–Kier alpha value is -1.49. The van der Waals surface area contributed by atoms with E-state index >= 15 is 0 Å². The lowest BCUT2D eigenvalue weighted by Crippen LogP contribution is -2.33. The fourth-order valence-electron chi connectivity index (χ4n) is 2.35. The molecular formula is C12H15N3O2. The first-order valence-corrected chi connectivity index (χ1v) is 6.02. The van der Waals surface area contributed by atoms with E-state index in [1.807, 2.05) is 0 Å². The van der Waals surface area contributed by atoms with Crippen molar-refractivity contribution >= 4 is 5.97 Å². The molecule has 1 aliphatic carbocycles. The molecule has 1 N–H and O–H groups in total. The third kappa shape index (κ3) is 2.29. The second-order valence-corrected chi connectivity index (χ2v) is 4.78. The standard InChI is InChI=1S/C12H15N3O2/c16-12(17)5-11-13-6-8-7-15(9-1-2-9)4-3-10(8)14-11/h6,9H,1-5,7H2,(H,16,17). The van der Waals surface area contributed by atoms with Gasteiger partial charge in [-0.25, -0.2) is 9.97 Å². The van der Waals surface area contributed by atoms with Gasteiger partial charge in [0.2, 0.25) is 0 Å². The van der Waals surface area contributed by atoms with Crippen LogP contribution in [0.15, 0.2) is 6.20 Å². The predicted molar refractivity (Wildman–Crippen MR) is 60.5 cm³/mol. The summed E-state index contributed by atoms with van der Waals surface area (Å²) < 4.78 is 0. The van der Waals surface area contributed by atoms with Gasteiger partial charge in [0.25, 0.3) is 0 Å². The number of hydrogen-bond donors (Lipinski definition) is 1. The fraction of sp³-hybridized carbons (Fsp3) is 0.583. The van der Waals surface area contributed by atoms with Gasteiger partial charge < -0.3 is 5.11 Å². The SMILES string of the molecule is O=C(O)Cc1ncc2c(n1)CCN(C1CC1)C2. The van der Waals surface area contributed by atoms with E-state index in [9.17, 15) is 4.79 Å². The van der Waals surface area contributed by atoms with Crippen LogP contribution >= 0.6 is 0 Å². The summed E-state index contributed by atoms with van der Waals surface area (Å²) in [5, 5.41) is 8.71. The lowest BCUT2D eigenvalue weighted by Gasteiger charge is -2.27. The van der Waals surface area contributed by atoms with Crippen LogP contribution in [0.5, 0.6) is 0 Å². The smallest absolute Gasteiger partial charge is 0.311 e. The van der Waals surface area contributed by atoms with Crippen LogP contribution in [0.2, 0.25) is 0 Å². The Morgan fingerprint density at radius 1 is 1.53 bits per heavy atom. The van der Waals surface area contributed by atoms with Gasteiger partial charge in [0.1, 0.15) is 12.2 Å². The van der Waals surface area contributed by atoms with Gasteiger partial charge >= 0.3 is 5.97 Å². The van der Waals surface area contributed by atoms with Crippen molar-refractivity contribution in [1.29, 1.82) is 0 Å². The van der Waals surface area contributed by atoms with Gasteiger partial charge in [-0.3, -0.25) is 9.69 Å². The highest BCUT2D eigenvalue weighted by Crippen LogP contribution is 2.30. The largest absolute Gasteiger partial charge is 0.481 e. The molecule has 0 unspecified atom stereocenters. The molecule has 0 radical (unpaired) electrons. The molecule has 0 saturated heterocycles. The summed E-state index contributed by atoms with van der Waals surface area (Å²) in [5.41, 5.74) is 2.20. The van der Waals surface area contributed by atoms with E-state index in [1.54, 1.807) is 6.20 Å². The Labute approximate surface area is 99.5 Å². The molecule has 0 bridgehead atoms. The summed E-state index contributed by atoms with van der Waals surface area (Å²) in [4.78, 5) is 21.5. The Morgan fingerprint density at radius 3 is 3.06 bits per heavy atom. The van der Waals surface area contributed by atoms with Crippen molar-refractivity contribution in [3.8, 4) is 0 Å². The van der Waals surface area contributed by atoms with Crippen LogP contribution in [-0.4, -0.2) is 38.5 Å². The van der Waals surface area contributed by atoms with Crippen molar-refractivity contribution < 1.29 is 9.90 Å². The molecule has 1 aromatic heterocycles. The number of carboxylic acid groups (broad SMARTS) is 1. The highest BCUT2D eigenvalue weighted by atomic mass is 16.4. The van der Waals surface area contributed by atoms with Crippen molar-refractivity contribution in [1.82, 2.24) is 14.9 Å². The van der Waals surface area contributed by atoms with Crippen LogP contribution in [0, 0.1) is 0 Å². The Kier molecular flexibility index (Phi) is 2.55. The number of hydrogen-bond acceptors (Lipinski definition) is 4. The zero-order valence-electron chi connectivity index (χ0n) is 9.59. The first-order valence-electron chi connectivity index (χ1n) is 6.02. The number of nitrogens with zero attached hydrogens (tertiary/aromatic N) is 3. The van der Waals surface area contributed by atoms with Crippen molar-refractivity contribution in [2.24, 2.45) is 0 Å². The maximum absolute atomic E-state index is 10.6. The van der Waals surface area contributed by atoms with E-state index in [0.29, 0.717) is 5.82 Å². The molecule has 90 valence electrons. The number of rotatable bonds is 3. The van der Waals surface area contributed by atoms with Gasteiger partial charge in [-0.05, 0) is 12.8 Å². The second kappa shape index (κ2) is 4.07.